The van der Waals surface area contributed by atoms with Crippen LogP contribution >= 0.6 is 0 Å². The number of nitrogens with one attached hydrogen (secondary N) is 2. The van der Waals surface area contributed by atoms with E-state index in [1.54, 1.807) is 0 Å². The van der Waals surface area contributed by atoms with Crippen LogP contribution in [0.2, 0.25) is 0 Å². The molecule has 0 bridgehead atoms. The van der Waals surface area contributed by atoms with Crippen LogP contribution in [-0.4, -0.2) is 36.3 Å². The Morgan fingerprint density at radius 3 is 2.52 bits per heavy atom. The Morgan fingerprint density at radius 2 is 1.86 bits per heavy atom. The van der Waals surface area contributed by atoms with E-state index < -0.39 is 0 Å². The van der Waals surface area contributed by atoms with Gasteiger partial charge >= 0.3 is 0 Å². The molecule has 0 unspecified atom stereocenters. The zero-order valence-corrected chi connectivity index (χ0v) is 12.7. The lowest BCUT2D eigenvalue weighted by molar-refractivity contribution is -0.117. The first-order valence-electron chi connectivity index (χ1n) is 7.51. The van der Waals surface area contributed by atoms with Gasteiger partial charge in [0.15, 0.2) is 0 Å². The lowest BCUT2D eigenvalue weighted by atomic mass is 10.1. The van der Waals surface area contributed by atoms with E-state index in [4.69, 9.17) is 0 Å². The zero-order chi connectivity index (χ0) is 15.2. The number of likely N-dealkylation sites (tertiary alicyclic amines) is 1. The van der Waals surface area contributed by atoms with Crippen molar-refractivity contribution in [2.24, 2.45) is 0 Å². The summed E-state index contributed by atoms with van der Waals surface area (Å²) in [6.45, 7) is 6.18. The molecule has 1 saturated heterocycles. The van der Waals surface area contributed by atoms with Crippen molar-refractivity contribution in [1.29, 1.82) is 0 Å². The second kappa shape index (κ2) is 7.22. The Morgan fingerprint density at radius 1 is 1.14 bits per heavy atom. The van der Waals surface area contributed by atoms with Gasteiger partial charge in [-0.3, -0.25) is 14.5 Å². The van der Waals surface area contributed by atoms with Crippen LogP contribution in [0.3, 0.4) is 0 Å². The Bertz CT molecular complexity index is 522. The Balaban J connectivity index is 1.97. The van der Waals surface area contributed by atoms with Crippen LogP contribution in [0.5, 0.6) is 0 Å². The number of benzene rings is 1. The van der Waals surface area contributed by atoms with Crippen molar-refractivity contribution in [3.63, 3.8) is 0 Å². The van der Waals surface area contributed by atoms with Gasteiger partial charge in [-0.05, 0) is 50.6 Å². The van der Waals surface area contributed by atoms with E-state index in [0.717, 1.165) is 30.0 Å². The van der Waals surface area contributed by atoms with Gasteiger partial charge < -0.3 is 10.6 Å². The number of carbonyl (C=O) groups is 2. The fraction of sp³-hybridized carbons (Fsp3) is 0.500. The monoisotopic (exact) mass is 289 g/mol. The molecule has 0 atom stereocenters. The van der Waals surface area contributed by atoms with Gasteiger partial charge in [0, 0.05) is 17.8 Å². The summed E-state index contributed by atoms with van der Waals surface area (Å²) in [4.78, 5) is 25.7. The zero-order valence-electron chi connectivity index (χ0n) is 12.7. The molecule has 1 aromatic rings. The van der Waals surface area contributed by atoms with Gasteiger partial charge in [0.25, 0.3) is 0 Å². The molecule has 5 heteroatoms. The van der Waals surface area contributed by atoms with Crippen molar-refractivity contribution in [1.82, 2.24) is 4.90 Å². The molecule has 2 amide bonds. The van der Waals surface area contributed by atoms with Gasteiger partial charge in [0.05, 0.1) is 6.54 Å². The van der Waals surface area contributed by atoms with Gasteiger partial charge in [-0.1, -0.05) is 13.0 Å². The fourth-order valence-electron chi connectivity index (χ4n) is 2.42. The number of amides is 2. The van der Waals surface area contributed by atoms with Crippen LogP contribution in [0.25, 0.3) is 0 Å². The van der Waals surface area contributed by atoms with Crippen molar-refractivity contribution in [2.75, 3.05) is 30.3 Å². The molecule has 0 saturated carbocycles. The molecule has 1 fully saturated rings. The van der Waals surface area contributed by atoms with Gasteiger partial charge in [-0.15, -0.1) is 0 Å². The summed E-state index contributed by atoms with van der Waals surface area (Å²) >= 11 is 0. The normalized spacial score (nSPS) is 15.0. The minimum absolute atomic E-state index is 0.00600. The van der Waals surface area contributed by atoms with E-state index in [2.05, 4.69) is 15.5 Å². The lowest BCUT2D eigenvalue weighted by Gasteiger charge is -2.15. The van der Waals surface area contributed by atoms with Crippen LogP contribution in [0.15, 0.2) is 18.2 Å². The molecule has 1 aromatic carbocycles. The van der Waals surface area contributed by atoms with Crippen LogP contribution in [0.1, 0.15) is 31.7 Å². The summed E-state index contributed by atoms with van der Waals surface area (Å²) in [7, 11) is 0. The summed E-state index contributed by atoms with van der Waals surface area (Å²) in [5, 5.41) is 5.74. The maximum atomic E-state index is 12.0. The third-order valence-corrected chi connectivity index (χ3v) is 3.68. The molecule has 0 radical (unpaired) electrons. The molecule has 2 N–H and O–H groups in total. The van der Waals surface area contributed by atoms with Crippen molar-refractivity contribution in [3.8, 4) is 0 Å². The average Bonchev–Trinajstić information content (AvgIpc) is 2.95. The third kappa shape index (κ3) is 4.56. The first-order valence-corrected chi connectivity index (χ1v) is 7.51. The molecule has 5 nitrogen and oxygen atoms in total. The number of anilines is 2. The SMILES string of the molecule is CCC(=O)Nc1cc(NC(=O)CN2CCCC2)ccc1C. The maximum absolute atomic E-state index is 12.0. The second-order valence-electron chi connectivity index (χ2n) is 5.46. The summed E-state index contributed by atoms with van der Waals surface area (Å²) in [5.41, 5.74) is 2.45. The topological polar surface area (TPSA) is 61.4 Å². The lowest BCUT2D eigenvalue weighted by Crippen LogP contribution is -2.30. The minimum Gasteiger partial charge on any atom is -0.326 e. The van der Waals surface area contributed by atoms with E-state index in [-0.39, 0.29) is 11.8 Å². The number of hydrogen-bond donors (Lipinski definition) is 2. The number of aryl methyl sites for hydroxylation is 1. The van der Waals surface area contributed by atoms with Gasteiger partial charge in [-0.25, -0.2) is 0 Å². The molecule has 1 aliphatic rings. The average molecular weight is 289 g/mol. The molecule has 1 aliphatic heterocycles. The van der Waals surface area contributed by atoms with Crippen molar-refractivity contribution in [3.05, 3.63) is 23.8 Å². The van der Waals surface area contributed by atoms with Crippen molar-refractivity contribution in [2.45, 2.75) is 33.1 Å². The summed E-state index contributed by atoms with van der Waals surface area (Å²) < 4.78 is 0. The molecular formula is C16H23N3O2. The Hall–Kier alpha value is -1.88. The molecule has 1 heterocycles. The predicted molar refractivity (Wildman–Crippen MR) is 84.4 cm³/mol. The first-order chi connectivity index (χ1) is 10.1. The third-order valence-electron chi connectivity index (χ3n) is 3.68. The standard InChI is InChI=1S/C16H23N3O2/c1-3-15(20)18-14-10-13(7-6-12(14)2)17-16(21)11-19-8-4-5-9-19/h6-7,10H,3-5,8-9,11H2,1-2H3,(H,17,21)(H,18,20). The number of nitrogens with zero attached hydrogens (tertiary/aromatic N) is 1. The molecule has 21 heavy (non-hydrogen) atoms. The fourth-order valence-corrected chi connectivity index (χ4v) is 2.42. The van der Waals surface area contributed by atoms with E-state index in [9.17, 15) is 9.59 Å². The van der Waals surface area contributed by atoms with Crippen molar-refractivity contribution < 1.29 is 9.59 Å². The number of rotatable bonds is 5. The summed E-state index contributed by atoms with van der Waals surface area (Å²) in [5.74, 6) is -0.0350. The highest BCUT2D eigenvalue weighted by atomic mass is 16.2. The maximum Gasteiger partial charge on any atom is 0.238 e. The smallest absolute Gasteiger partial charge is 0.238 e. The highest BCUT2D eigenvalue weighted by molar-refractivity contribution is 5.95. The van der Waals surface area contributed by atoms with Crippen LogP contribution in [0, 0.1) is 6.92 Å². The number of hydrogen-bond acceptors (Lipinski definition) is 3. The predicted octanol–water partition coefficient (Wildman–Crippen LogP) is 2.38. The molecular weight excluding hydrogens is 266 g/mol. The van der Waals surface area contributed by atoms with E-state index in [1.807, 2.05) is 32.0 Å². The number of carbonyl (C=O) groups excluding carboxylic acids is 2. The molecule has 0 aromatic heterocycles. The van der Waals surface area contributed by atoms with Crippen LogP contribution < -0.4 is 10.6 Å². The van der Waals surface area contributed by atoms with Crippen molar-refractivity contribution >= 4 is 23.2 Å². The quantitative estimate of drug-likeness (QED) is 0.875. The van der Waals surface area contributed by atoms with Crippen LogP contribution in [-0.2, 0) is 9.59 Å². The van der Waals surface area contributed by atoms with Gasteiger partial charge in [0.1, 0.15) is 0 Å². The summed E-state index contributed by atoms with van der Waals surface area (Å²) in [6.07, 6.45) is 2.78. The molecule has 2 rings (SSSR count). The van der Waals surface area contributed by atoms with Gasteiger partial charge in [-0.2, -0.15) is 0 Å². The Labute approximate surface area is 125 Å². The van der Waals surface area contributed by atoms with E-state index in [1.165, 1.54) is 12.8 Å². The Kier molecular flexibility index (Phi) is 5.33. The molecule has 0 spiro atoms. The molecule has 114 valence electrons. The first kappa shape index (κ1) is 15.5. The second-order valence-corrected chi connectivity index (χ2v) is 5.46. The van der Waals surface area contributed by atoms with Crippen LogP contribution in [0.4, 0.5) is 11.4 Å². The largest absolute Gasteiger partial charge is 0.326 e. The highest BCUT2D eigenvalue weighted by Crippen LogP contribution is 2.20. The van der Waals surface area contributed by atoms with E-state index in [0.29, 0.717) is 13.0 Å². The molecule has 0 aliphatic carbocycles. The summed E-state index contributed by atoms with van der Waals surface area (Å²) in [6, 6.07) is 5.57. The highest BCUT2D eigenvalue weighted by Gasteiger charge is 2.15. The minimum atomic E-state index is -0.0290. The van der Waals surface area contributed by atoms with E-state index >= 15 is 0 Å². The van der Waals surface area contributed by atoms with Gasteiger partial charge in [0.2, 0.25) is 11.8 Å².